The van der Waals surface area contributed by atoms with Gasteiger partial charge in [-0.05, 0) is 0 Å². The topological polar surface area (TPSA) is 52.6 Å². The molecule has 0 N–H and O–H groups in total. The molecule has 4 nitrogen and oxygen atoms in total. The van der Waals surface area contributed by atoms with Gasteiger partial charge in [0.05, 0.1) is 0 Å². The Balaban J connectivity index is 1.17. The Labute approximate surface area is 615 Å². The monoisotopic (exact) mass is 1590 g/mol. The molecule has 4 atom stereocenters. The van der Waals surface area contributed by atoms with Gasteiger partial charge in [-0.1, -0.05) is 0 Å². The number of furan rings is 4. The Morgan fingerprint density at radius 1 is 0.262 bits per heavy atom. The van der Waals surface area contributed by atoms with Crippen molar-refractivity contribution in [1.82, 2.24) is 0 Å². The first-order chi connectivity index (χ1) is 49.1. The van der Waals surface area contributed by atoms with Crippen molar-refractivity contribution >= 4 is 81.3 Å². The van der Waals surface area contributed by atoms with E-state index in [-0.39, 0.29) is 21.7 Å². The van der Waals surface area contributed by atoms with Crippen molar-refractivity contribution in [3.8, 4) is 44.5 Å². The van der Waals surface area contributed by atoms with Crippen LogP contribution in [0.15, 0.2) is 260 Å². The summed E-state index contributed by atoms with van der Waals surface area (Å²) < 4.78 is 26.8. The van der Waals surface area contributed by atoms with E-state index >= 15 is 0 Å². The summed E-state index contributed by atoms with van der Waals surface area (Å²) in [6.45, 7) is 32.5. The van der Waals surface area contributed by atoms with Crippen molar-refractivity contribution in [2.75, 3.05) is 0 Å². The van der Waals surface area contributed by atoms with Crippen molar-refractivity contribution in [3.05, 3.63) is 333 Å². The second-order valence-electron chi connectivity index (χ2n) is 34.7. The molecule has 0 amide bonds. The van der Waals surface area contributed by atoms with Gasteiger partial charge in [0.1, 0.15) is 0 Å². The molecule has 12 aromatic rings. The molecule has 0 bridgehead atoms. The number of halogens is 2. The molecule has 6 aliphatic rings. The van der Waals surface area contributed by atoms with Crippen LogP contribution in [-0.4, -0.2) is 17.6 Å². The molecule has 6 heterocycles. The fourth-order valence-electron chi connectivity index (χ4n) is 22.6. The molecule has 18 rings (SSSR count). The first-order valence-electron chi connectivity index (χ1n) is 36.9. The van der Waals surface area contributed by atoms with E-state index in [4.69, 9.17) is 17.7 Å². The summed E-state index contributed by atoms with van der Waals surface area (Å²) in [5.41, 5.74) is 20.8. The van der Waals surface area contributed by atoms with E-state index in [2.05, 4.69) is 363 Å². The van der Waals surface area contributed by atoms with Gasteiger partial charge in [-0.15, -0.1) is 0 Å². The van der Waals surface area contributed by atoms with E-state index in [1.165, 1.54) is 22.3 Å². The summed E-state index contributed by atoms with van der Waals surface area (Å²) in [7, 11) is 18.1. The second kappa shape index (κ2) is 21.7. The molecular formula is C94H88Cl2HfO4Si2. The molecule has 514 valence electrons. The van der Waals surface area contributed by atoms with Crippen LogP contribution in [0.2, 0.25) is 13.1 Å². The quantitative estimate of drug-likeness (QED) is 0.142. The average molecular weight is 1590 g/mol. The van der Waals surface area contributed by atoms with Crippen molar-refractivity contribution in [2.45, 2.75) is 129 Å². The van der Waals surface area contributed by atoms with Crippen LogP contribution in [0, 0.1) is 0 Å². The molecule has 4 unspecified atom stereocenters. The maximum atomic E-state index is 12.2. The third-order valence-electron chi connectivity index (χ3n) is 25.9. The standard InChI is InChI=1S/2C47H44O2Si.2ClH.Hf/c2*1-46(2,3)42-26-24-40(48-42)38-28-36-32(30-16-10-8-11-17-30)20-14-22-34(36)44(38)50(7)45-35-23-15-21-33(31-18-12-9-13-19-31)37(35)29-39(45)41-25-27-43(49-41)47(4,5)6;;;/h2*8-29,50H,1-7H3;2*1H;/q;;;;+2/p-2. The minimum atomic E-state index is -8.93. The molecule has 8 aromatic carbocycles. The molecule has 0 radical (unpaired) electrons. The van der Waals surface area contributed by atoms with Gasteiger partial charge in [-0.2, -0.15) is 0 Å². The zero-order chi connectivity index (χ0) is 71.7. The van der Waals surface area contributed by atoms with Gasteiger partial charge in [-0.25, -0.2) is 0 Å². The third kappa shape index (κ3) is 7.71. The predicted molar refractivity (Wildman–Crippen MR) is 433 cm³/mol. The number of hydrogen-bond donors (Lipinski definition) is 0. The van der Waals surface area contributed by atoms with E-state index in [0.29, 0.717) is 0 Å². The van der Waals surface area contributed by atoms with Crippen molar-refractivity contribution in [1.29, 1.82) is 0 Å². The summed E-state index contributed by atoms with van der Waals surface area (Å²) >= 11 is -8.93. The number of benzene rings is 8. The molecular weight excluding hydrogens is 1500 g/mol. The number of rotatable bonds is 8. The Kier molecular flexibility index (Phi) is 14.0. The molecule has 103 heavy (non-hydrogen) atoms. The van der Waals surface area contributed by atoms with Crippen LogP contribution in [0.5, 0.6) is 0 Å². The fraction of sp³-hybridized carbons (Fsp3) is 0.234. The Morgan fingerprint density at radius 3 is 0.650 bits per heavy atom. The van der Waals surface area contributed by atoms with Crippen LogP contribution in [-0.2, 0) is 47.5 Å². The molecule has 2 aliphatic heterocycles. The van der Waals surface area contributed by atoms with E-state index < -0.39 is 43.4 Å². The Bertz CT molecular complexity index is 4990. The fourth-order valence-corrected chi connectivity index (χ4v) is 188. The summed E-state index contributed by atoms with van der Waals surface area (Å²) in [5, 5.41) is 0. The number of hydrogen-bond acceptors (Lipinski definition) is 4. The summed E-state index contributed by atoms with van der Waals surface area (Å²) in [4.78, 5) is 0. The minimum absolute atomic E-state index is 0.371. The maximum absolute atomic E-state index is 12.2. The van der Waals surface area contributed by atoms with Gasteiger partial charge >= 0.3 is 620 Å². The third-order valence-corrected chi connectivity index (χ3v) is 141. The van der Waals surface area contributed by atoms with Crippen LogP contribution < -0.4 is 0 Å². The first-order valence-corrected chi connectivity index (χ1v) is 57.6. The molecule has 4 aromatic heterocycles. The molecule has 2 fully saturated rings. The second-order valence-corrected chi connectivity index (χ2v) is 89.0. The Morgan fingerprint density at radius 2 is 0.466 bits per heavy atom. The van der Waals surface area contributed by atoms with Crippen molar-refractivity contribution < 1.29 is 32.3 Å². The van der Waals surface area contributed by atoms with E-state index in [1.807, 2.05) is 0 Å². The molecule has 2 saturated heterocycles. The normalized spacial score (nSPS) is 24.3. The van der Waals surface area contributed by atoms with E-state index in [1.54, 1.807) is 0 Å². The summed E-state index contributed by atoms with van der Waals surface area (Å²) in [6.07, 6.45) is 10.2. The summed E-state index contributed by atoms with van der Waals surface area (Å²) in [5.74, 6) is 6.70. The zero-order valence-electron chi connectivity index (χ0n) is 61.4. The van der Waals surface area contributed by atoms with E-state index in [0.717, 1.165) is 135 Å². The average Bonchev–Trinajstić information content (AvgIpc) is 1.51. The van der Waals surface area contributed by atoms with Gasteiger partial charge in [0, 0.05) is 0 Å². The van der Waals surface area contributed by atoms with Crippen LogP contribution in [0.4, 0.5) is 0 Å². The van der Waals surface area contributed by atoms with Crippen molar-refractivity contribution in [3.63, 3.8) is 0 Å². The van der Waals surface area contributed by atoms with Gasteiger partial charge in [0.25, 0.3) is 0 Å². The molecule has 5 spiro atoms. The SMILES string of the molecule is C[SiH]1[C]2(C(c3ccc(C(C)(C)C)o3)=Cc3c(-c4ccccc4)cccc32)[Hf]2([Cl])([Cl])([C]13C(c1ccc(C(C)(C)C)o1)=Cc1c(-c4ccccc4)cccc13)[C]1(C(c3ccc(C(C)(C)C)o3)=Cc3c(-c4ccccc4)cccc31)[SiH](C)[C]21C(c2ccc(C(C)(C)C)o2)=Cc2c(-c3ccccc3)cccc21. The zero-order valence-corrected chi connectivity index (χ0v) is 68.9. The van der Waals surface area contributed by atoms with Crippen LogP contribution in [0.3, 0.4) is 0 Å². The predicted octanol–water partition coefficient (Wildman–Crippen LogP) is 25.4. The molecule has 9 heteroatoms. The van der Waals surface area contributed by atoms with Crippen molar-refractivity contribution in [2.24, 2.45) is 0 Å². The van der Waals surface area contributed by atoms with Crippen LogP contribution >= 0.6 is 17.2 Å². The molecule has 4 aliphatic carbocycles. The summed E-state index contributed by atoms with van der Waals surface area (Å²) in [6, 6.07) is 90.6. The van der Waals surface area contributed by atoms with Crippen LogP contribution in [0.1, 0.15) is 174 Å². The number of fused-ring (bicyclic) bond motifs is 12. The number of allylic oxidation sites excluding steroid dienone is 4. The van der Waals surface area contributed by atoms with Gasteiger partial charge in [0.2, 0.25) is 0 Å². The van der Waals surface area contributed by atoms with Gasteiger partial charge in [0.15, 0.2) is 0 Å². The first kappa shape index (κ1) is 66.7. The van der Waals surface area contributed by atoms with Gasteiger partial charge < -0.3 is 0 Å². The Hall–Kier alpha value is -8.28. The van der Waals surface area contributed by atoms with Gasteiger partial charge in [-0.3, -0.25) is 0 Å². The van der Waals surface area contributed by atoms with E-state index in [9.17, 15) is 17.2 Å². The van der Waals surface area contributed by atoms with Crippen LogP contribution in [0.25, 0.3) is 91.1 Å². The molecule has 0 saturated carbocycles.